The van der Waals surface area contributed by atoms with Crippen LogP contribution in [0.2, 0.25) is 0 Å². The van der Waals surface area contributed by atoms with Crippen LogP contribution in [0.4, 0.5) is 26.0 Å². The molecule has 0 unspecified atom stereocenters. The lowest BCUT2D eigenvalue weighted by atomic mass is 10.2. The Morgan fingerprint density at radius 1 is 1.26 bits per heavy atom. The molecule has 0 aliphatic rings. The van der Waals surface area contributed by atoms with Gasteiger partial charge in [-0.15, -0.1) is 10.2 Å². The van der Waals surface area contributed by atoms with Crippen LogP contribution in [-0.4, -0.2) is 25.8 Å². The van der Waals surface area contributed by atoms with Gasteiger partial charge >= 0.3 is 0 Å². The second-order valence-electron chi connectivity index (χ2n) is 5.82. The summed E-state index contributed by atoms with van der Waals surface area (Å²) in [6.45, 7) is 4.04. The molecule has 9 heteroatoms. The van der Waals surface area contributed by atoms with E-state index in [-0.39, 0.29) is 23.6 Å². The lowest BCUT2D eigenvalue weighted by molar-refractivity contribution is 0.101. The second kappa shape index (κ2) is 7.90. The molecule has 0 aliphatic heterocycles. The monoisotopic (exact) mass is 372 g/mol. The molecule has 0 fully saturated rings. The Bertz CT molecular complexity index is 972. The molecule has 3 rings (SSSR count). The van der Waals surface area contributed by atoms with Crippen molar-refractivity contribution >= 4 is 23.0 Å². The van der Waals surface area contributed by atoms with Gasteiger partial charge in [-0.2, -0.15) is 5.10 Å². The van der Waals surface area contributed by atoms with E-state index in [1.807, 2.05) is 6.92 Å². The van der Waals surface area contributed by atoms with E-state index in [9.17, 15) is 13.6 Å². The van der Waals surface area contributed by atoms with Crippen LogP contribution in [0.1, 0.15) is 29.9 Å². The van der Waals surface area contributed by atoms with Gasteiger partial charge < -0.3 is 10.6 Å². The lowest BCUT2D eigenvalue weighted by Crippen LogP contribution is -2.10. The van der Waals surface area contributed by atoms with Gasteiger partial charge in [0, 0.05) is 37.8 Å². The average Bonchev–Trinajstić information content (AvgIpc) is 3.10. The van der Waals surface area contributed by atoms with E-state index in [0.717, 1.165) is 12.6 Å². The number of rotatable bonds is 7. The second-order valence-corrected chi connectivity index (χ2v) is 5.82. The van der Waals surface area contributed by atoms with Crippen molar-refractivity contribution in [1.82, 2.24) is 20.0 Å². The first-order valence-electron chi connectivity index (χ1n) is 8.32. The fourth-order valence-electron chi connectivity index (χ4n) is 2.47. The Balaban J connectivity index is 1.83. The molecule has 0 atom stereocenters. The topological polar surface area (TPSA) is 84.7 Å². The van der Waals surface area contributed by atoms with E-state index >= 15 is 0 Å². The number of Topliss-reactive ketones (excluding diaryl/α,β-unsaturated/α-hetero) is 1. The molecule has 7 nitrogen and oxygen atoms in total. The van der Waals surface area contributed by atoms with Crippen LogP contribution in [0.3, 0.4) is 0 Å². The van der Waals surface area contributed by atoms with Crippen molar-refractivity contribution in [2.75, 3.05) is 10.6 Å². The van der Waals surface area contributed by atoms with Gasteiger partial charge in [-0.3, -0.25) is 9.48 Å². The van der Waals surface area contributed by atoms with Crippen LogP contribution in [0, 0.1) is 11.6 Å². The van der Waals surface area contributed by atoms with Crippen LogP contribution in [0.5, 0.6) is 0 Å². The third-order valence-corrected chi connectivity index (χ3v) is 3.86. The number of hydrogen-bond acceptors (Lipinski definition) is 6. The summed E-state index contributed by atoms with van der Waals surface area (Å²) in [6.07, 6.45) is 3.44. The minimum absolute atomic E-state index is 0.0111. The SMILES string of the molecule is CCn1cc(Nc2cc(NCc3cccc(F)c3F)c(C(C)=O)nn2)cn1. The number of aryl methyl sites for hydroxylation is 1. The van der Waals surface area contributed by atoms with Crippen molar-refractivity contribution in [3.8, 4) is 0 Å². The highest BCUT2D eigenvalue weighted by Crippen LogP contribution is 2.21. The summed E-state index contributed by atoms with van der Waals surface area (Å²) in [5.74, 6) is -1.76. The Morgan fingerprint density at radius 2 is 2.07 bits per heavy atom. The molecular formula is C18H18F2N6O. The molecule has 27 heavy (non-hydrogen) atoms. The van der Waals surface area contributed by atoms with Crippen LogP contribution in [-0.2, 0) is 13.1 Å². The third kappa shape index (κ3) is 4.25. The average molecular weight is 372 g/mol. The van der Waals surface area contributed by atoms with Crippen LogP contribution < -0.4 is 10.6 Å². The summed E-state index contributed by atoms with van der Waals surface area (Å²) in [5, 5.41) is 18.0. The summed E-state index contributed by atoms with van der Waals surface area (Å²) >= 11 is 0. The van der Waals surface area contributed by atoms with Crippen molar-refractivity contribution in [3.63, 3.8) is 0 Å². The van der Waals surface area contributed by atoms with Gasteiger partial charge in [-0.05, 0) is 13.0 Å². The van der Waals surface area contributed by atoms with Gasteiger partial charge in [0.25, 0.3) is 0 Å². The van der Waals surface area contributed by atoms with Gasteiger partial charge in [0.15, 0.2) is 28.9 Å². The predicted octanol–water partition coefficient (Wildman–Crippen LogP) is 3.53. The molecule has 0 radical (unpaired) electrons. The fraction of sp³-hybridized carbons (Fsp3) is 0.222. The molecule has 0 bridgehead atoms. The summed E-state index contributed by atoms with van der Waals surface area (Å²) in [4.78, 5) is 11.8. The number of nitrogens with zero attached hydrogens (tertiary/aromatic N) is 4. The molecule has 0 saturated heterocycles. The number of nitrogens with one attached hydrogen (secondary N) is 2. The van der Waals surface area contributed by atoms with Crippen LogP contribution in [0.25, 0.3) is 0 Å². The summed E-state index contributed by atoms with van der Waals surface area (Å²) < 4.78 is 28.9. The number of anilines is 3. The largest absolute Gasteiger partial charge is 0.379 e. The molecule has 1 aromatic carbocycles. The van der Waals surface area contributed by atoms with Crippen molar-refractivity contribution in [1.29, 1.82) is 0 Å². The maximum absolute atomic E-state index is 13.8. The summed E-state index contributed by atoms with van der Waals surface area (Å²) in [7, 11) is 0. The number of carbonyl (C=O) groups excluding carboxylic acids is 1. The lowest BCUT2D eigenvalue weighted by Gasteiger charge is -2.12. The normalized spacial score (nSPS) is 10.7. The van der Waals surface area contributed by atoms with E-state index in [1.54, 1.807) is 23.1 Å². The van der Waals surface area contributed by atoms with Crippen LogP contribution >= 0.6 is 0 Å². The molecule has 0 amide bonds. The van der Waals surface area contributed by atoms with E-state index in [0.29, 0.717) is 17.2 Å². The first-order chi connectivity index (χ1) is 13.0. The zero-order valence-corrected chi connectivity index (χ0v) is 14.8. The highest BCUT2D eigenvalue weighted by Gasteiger charge is 2.14. The van der Waals surface area contributed by atoms with Gasteiger partial charge in [0.1, 0.15) is 0 Å². The highest BCUT2D eigenvalue weighted by atomic mass is 19.2. The molecule has 2 heterocycles. The van der Waals surface area contributed by atoms with E-state index < -0.39 is 11.6 Å². The van der Waals surface area contributed by atoms with E-state index in [1.165, 1.54) is 19.1 Å². The first-order valence-corrected chi connectivity index (χ1v) is 8.32. The zero-order valence-electron chi connectivity index (χ0n) is 14.8. The molecule has 3 aromatic rings. The van der Waals surface area contributed by atoms with E-state index in [2.05, 4.69) is 25.9 Å². The Hall–Kier alpha value is -3.36. The minimum Gasteiger partial charge on any atom is -0.379 e. The van der Waals surface area contributed by atoms with Gasteiger partial charge in [0.05, 0.1) is 17.6 Å². The summed E-state index contributed by atoms with van der Waals surface area (Å²) in [5.41, 5.74) is 1.33. The van der Waals surface area contributed by atoms with Crippen molar-refractivity contribution in [3.05, 3.63) is 59.6 Å². The number of halogens is 2. The minimum atomic E-state index is -0.929. The molecule has 0 saturated carbocycles. The molecule has 0 aliphatic carbocycles. The number of hydrogen-bond donors (Lipinski definition) is 2. The summed E-state index contributed by atoms with van der Waals surface area (Å²) in [6, 6.07) is 5.52. The number of benzene rings is 1. The maximum Gasteiger partial charge on any atom is 0.182 e. The molecule has 140 valence electrons. The third-order valence-electron chi connectivity index (χ3n) is 3.86. The maximum atomic E-state index is 13.8. The predicted molar refractivity (Wildman–Crippen MR) is 96.9 cm³/mol. The number of carbonyl (C=O) groups is 1. The first kappa shape index (κ1) is 18.4. The number of ketones is 1. The van der Waals surface area contributed by atoms with Crippen molar-refractivity contribution < 1.29 is 13.6 Å². The van der Waals surface area contributed by atoms with Gasteiger partial charge in [-0.25, -0.2) is 8.78 Å². The Labute approximate surface area is 154 Å². The van der Waals surface area contributed by atoms with Crippen LogP contribution in [0.15, 0.2) is 36.7 Å². The fourth-order valence-corrected chi connectivity index (χ4v) is 2.47. The molecule has 2 N–H and O–H groups in total. The molecule has 2 aromatic heterocycles. The highest BCUT2D eigenvalue weighted by molar-refractivity contribution is 5.97. The number of aromatic nitrogens is 4. The quantitative estimate of drug-likeness (QED) is 0.617. The van der Waals surface area contributed by atoms with Gasteiger partial charge in [0.2, 0.25) is 0 Å². The van der Waals surface area contributed by atoms with Crippen molar-refractivity contribution in [2.24, 2.45) is 0 Å². The molecule has 0 spiro atoms. The van der Waals surface area contributed by atoms with E-state index in [4.69, 9.17) is 0 Å². The zero-order chi connectivity index (χ0) is 19.4. The standard InChI is InChI=1S/C18H18F2N6O/c1-3-26-10-13(9-22-26)23-16-7-15(18(11(2)27)25-24-16)21-8-12-5-4-6-14(19)17(12)20/h4-7,9-10H,3,8H2,1-2H3,(H2,21,23,24). The van der Waals surface area contributed by atoms with Crippen molar-refractivity contribution in [2.45, 2.75) is 26.9 Å². The Kier molecular flexibility index (Phi) is 5.39. The smallest absolute Gasteiger partial charge is 0.182 e. The Morgan fingerprint density at radius 3 is 2.78 bits per heavy atom. The van der Waals surface area contributed by atoms with Gasteiger partial charge in [-0.1, -0.05) is 12.1 Å². The molecular weight excluding hydrogens is 354 g/mol.